The van der Waals surface area contributed by atoms with Crippen molar-refractivity contribution in [3.63, 3.8) is 0 Å². The molecule has 0 radical (unpaired) electrons. The molecule has 0 atom stereocenters. The molecule has 2 aromatic heterocycles. The van der Waals surface area contributed by atoms with Gasteiger partial charge in [0.25, 0.3) is 0 Å². The molecule has 84 valence electrons. The van der Waals surface area contributed by atoms with Gasteiger partial charge in [-0.3, -0.25) is 0 Å². The number of anilines is 1. The summed E-state index contributed by atoms with van der Waals surface area (Å²) in [7, 11) is 0. The zero-order valence-corrected chi connectivity index (χ0v) is 9.40. The van der Waals surface area contributed by atoms with Gasteiger partial charge >= 0.3 is 0 Å². The van der Waals surface area contributed by atoms with Gasteiger partial charge < -0.3 is 10.2 Å². The van der Waals surface area contributed by atoms with E-state index in [9.17, 15) is 0 Å². The van der Waals surface area contributed by atoms with Crippen LogP contribution in [0.1, 0.15) is 24.7 Å². The molecule has 0 bridgehead atoms. The first-order valence-corrected chi connectivity index (χ1v) is 5.25. The molecule has 0 aliphatic carbocycles. The molecule has 5 nitrogen and oxygen atoms in total. The van der Waals surface area contributed by atoms with Gasteiger partial charge in [-0.2, -0.15) is 9.97 Å². The smallest absolute Gasteiger partial charge is 0.223 e. The van der Waals surface area contributed by atoms with Crippen molar-refractivity contribution >= 4 is 5.95 Å². The Kier molecular flexibility index (Phi) is 2.85. The van der Waals surface area contributed by atoms with Gasteiger partial charge in [-0.05, 0) is 25.0 Å². The molecular weight excluding hydrogens is 204 g/mol. The topological polar surface area (TPSA) is 77.8 Å². The molecule has 16 heavy (non-hydrogen) atoms. The second kappa shape index (κ2) is 4.30. The summed E-state index contributed by atoms with van der Waals surface area (Å²) in [6.45, 7) is 4.01. The fourth-order valence-electron chi connectivity index (χ4n) is 1.48. The third-order valence-corrected chi connectivity index (χ3v) is 2.24. The minimum Gasteiger partial charge on any atom is -0.461 e. The van der Waals surface area contributed by atoms with Crippen molar-refractivity contribution in [2.45, 2.75) is 26.7 Å². The van der Waals surface area contributed by atoms with Gasteiger partial charge in [0.1, 0.15) is 5.82 Å². The predicted molar refractivity (Wildman–Crippen MR) is 60.7 cm³/mol. The summed E-state index contributed by atoms with van der Waals surface area (Å²) in [5.41, 5.74) is 6.64. The van der Waals surface area contributed by atoms with Crippen LogP contribution in [0, 0.1) is 6.92 Å². The number of rotatable bonds is 3. The highest BCUT2D eigenvalue weighted by atomic mass is 16.3. The summed E-state index contributed by atoms with van der Waals surface area (Å²) in [6, 6.07) is 1.87. The van der Waals surface area contributed by atoms with Crippen LogP contribution in [-0.2, 0) is 6.42 Å². The Morgan fingerprint density at radius 2 is 2.12 bits per heavy atom. The van der Waals surface area contributed by atoms with E-state index in [0.29, 0.717) is 17.4 Å². The van der Waals surface area contributed by atoms with Crippen molar-refractivity contribution in [3.05, 3.63) is 23.7 Å². The lowest BCUT2D eigenvalue weighted by Gasteiger charge is -2.02. The van der Waals surface area contributed by atoms with Crippen LogP contribution in [0.4, 0.5) is 5.95 Å². The minimum absolute atomic E-state index is 0.240. The molecule has 0 amide bonds. The third kappa shape index (κ3) is 2.03. The van der Waals surface area contributed by atoms with Gasteiger partial charge in [-0.25, -0.2) is 4.98 Å². The maximum absolute atomic E-state index is 5.64. The highest BCUT2D eigenvalue weighted by molar-refractivity contribution is 5.52. The van der Waals surface area contributed by atoms with E-state index in [1.165, 1.54) is 0 Å². The lowest BCUT2D eigenvalue weighted by atomic mass is 10.2. The van der Waals surface area contributed by atoms with E-state index in [2.05, 4.69) is 21.9 Å². The highest BCUT2D eigenvalue weighted by Gasteiger charge is 2.11. The molecule has 0 aliphatic heterocycles. The molecular formula is C11H14N4O. The maximum atomic E-state index is 5.64. The molecule has 0 aromatic carbocycles. The second-order valence-electron chi connectivity index (χ2n) is 3.62. The Balaban J connectivity index is 2.45. The number of aryl methyl sites for hydroxylation is 2. The second-order valence-corrected chi connectivity index (χ2v) is 3.62. The Morgan fingerprint density at radius 1 is 1.31 bits per heavy atom. The molecule has 2 N–H and O–H groups in total. The zero-order valence-electron chi connectivity index (χ0n) is 9.40. The van der Waals surface area contributed by atoms with Crippen LogP contribution in [0.2, 0.25) is 0 Å². The van der Waals surface area contributed by atoms with Crippen LogP contribution in [0.3, 0.4) is 0 Å². The van der Waals surface area contributed by atoms with Gasteiger partial charge in [0.2, 0.25) is 11.8 Å². The fraction of sp³-hybridized carbons (Fsp3) is 0.364. The van der Waals surface area contributed by atoms with Crippen LogP contribution in [-0.4, -0.2) is 15.0 Å². The van der Waals surface area contributed by atoms with Crippen LogP contribution >= 0.6 is 0 Å². The van der Waals surface area contributed by atoms with Crippen molar-refractivity contribution in [2.24, 2.45) is 0 Å². The molecule has 0 fully saturated rings. The standard InChI is InChI=1S/C11H14N4O/c1-3-4-8-13-10(15-11(12)14-8)9-7(2)5-6-16-9/h5-6H,3-4H2,1-2H3,(H2,12,13,14,15). The monoisotopic (exact) mass is 218 g/mol. The average Bonchev–Trinajstić information content (AvgIpc) is 2.64. The summed E-state index contributed by atoms with van der Waals surface area (Å²) in [4.78, 5) is 12.5. The van der Waals surface area contributed by atoms with E-state index in [4.69, 9.17) is 10.2 Å². The van der Waals surface area contributed by atoms with Crippen molar-refractivity contribution in [2.75, 3.05) is 5.73 Å². The first-order chi connectivity index (χ1) is 7.70. The van der Waals surface area contributed by atoms with Crippen LogP contribution < -0.4 is 5.73 Å². The number of aromatic nitrogens is 3. The molecule has 2 rings (SSSR count). The van der Waals surface area contributed by atoms with Crippen LogP contribution in [0.5, 0.6) is 0 Å². The van der Waals surface area contributed by atoms with Crippen LogP contribution in [0.25, 0.3) is 11.6 Å². The minimum atomic E-state index is 0.240. The van der Waals surface area contributed by atoms with E-state index in [1.807, 2.05) is 13.0 Å². The molecule has 5 heteroatoms. The molecule has 0 saturated carbocycles. The summed E-state index contributed by atoms with van der Waals surface area (Å²) in [5.74, 6) is 2.12. The number of nitrogens with two attached hydrogens (primary N) is 1. The summed E-state index contributed by atoms with van der Waals surface area (Å²) in [6.07, 6.45) is 3.38. The Morgan fingerprint density at radius 3 is 2.75 bits per heavy atom. The lowest BCUT2D eigenvalue weighted by molar-refractivity contribution is 0.574. The summed E-state index contributed by atoms with van der Waals surface area (Å²) >= 11 is 0. The summed E-state index contributed by atoms with van der Waals surface area (Å²) < 4.78 is 5.33. The first kappa shape index (κ1) is 10.6. The molecule has 0 saturated heterocycles. The van der Waals surface area contributed by atoms with E-state index in [0.717, 1.165) is 18.4 Å². The summed E-state index contributed by atoms with van der Waals surface area (Å²) in [5, 5.41) is 0. The number of nitrogen functional groups attached to an aromatic ring is 1. The van der Waals surface area contributed by atoms with E-state index < -0.39 is 0 Å². The van der Waals surface area contributed by atoms with Gasteiger partial charge in [0, 0.05) is 6.42 Å². The molecule has 0 aliphatic rings. The predicted octanol–water partition coefficient (Wildman–Crippen LogP) is 1.97. The Hall–Kier alpha value is -1.91. The Labute approximate surface area is 93.7 Å². The first-order valence-electron chi connectivity index (χ1n) is 5.25. The van der Waals surface area contributed by atoms with E-state index in [-0.39, 0.29) is 5.95 Å². The van der Waals surface area contributed by atoms with Crippen molar-refractivity contribution < 1.29 is 4.42 Å². The quantitative estimate of drug-likeness (QED) is 0.852. The van der Waals surface area contributed by atoms with Crippen molar-refractivity contribution in [1.29, 1.82) is 0 Å². The lowest BCUT2D eigenvalue weighted by Crippen LogP contribution is -2.04. The van der Waals surface area contributed by atoms with Gasteiger partial charge in [-0.1, -0.05) is 6.92 Å². The van der Waals surface area contributed by atoms with E-state index in [1.54, 1.807) is 6.26 Å². The fourth-order valence-corrected chi connectivity index (χ4v) is 1.48. The number of furan rings is 1. The molecule has 0 unspecified atom stereocenters. The largest absolute Gasteiger partial charge is 0.461 e. The number of hydrogen-bond donors (Lipinski definition) is 1. The normalized spacial score (nSPS) is 10.6. The molecule has 2 heterocycles. The van der Waals surface area contributed by atoms with Gasteiger partial charge in [-0.15, -0.1) is 0 Å². The van der Waals surface area contributed by atoms with Gasteiger partial charge in [0.05, 0.1) is 6.26 Å². The molecule has 2 aromatic rings. The highest BCUT2D eigenvalue weighted by Crippen LogP contribution is 2.21. The third-order valence-electron chi connectivity index (χ3n) is 2.24. The van der Waals surface area contributed by atoms with Crippen molar-refractivity contribution in [3.8, 4) is 11.6 Å². The zero-order chi connectivity index (χ0) is 11.5. The number of hydrogen-bond acceptors (Lipinski definition) is 5. The van der Waals surface area contributed by atoms with Crippen LogP contribution in [0.15, 0.2) is 16.7 Å². The molecule has 0 spiro atoms. The SMILES string of the molecule is CCCc1nc(N)nc(-c2occc2C)n1. The number of nitrogens with zero attached hydrogens (tertiary/aromatic N) is 3. The maximum Gasteiger partial charge on any atom is 0.223 e. The average molecular weight is 218 g/mol. The Bertz CT molecular complexity index is 492. The van der Waals surface area contributed by atoms with E-state index >= 15 is 0 Å². The van der Waals surface area contributed by atoms with Crippen molar-refractivity contribution in [1.82, 2.24) is 15.0 Å². The van der Waals surface area contributed by atoms with Gasteiger partial charge in [0.15, 0.2) is 5.76 Å².